The predicted octanol–water partition coefficient (Wildman–Crippen LogP) is 2.85. The van der Waals surface area contributed by atoms with Crippen molar-refractivity contribution in [3.8, 4) is 5.75 Å². The number of aliphatic hydroxyl groups is 1. The van der Waals surface area contributed by atoms with Crippen molar-refractivity contribution in [3.63, 3.8) is 0 Å². The molecule has 1 rings (SSSR count). The van der Waals surface area contributed by atoms with E-state index in [4.69, 9.17) is 4.74 Å². The lowest BCUT2D eigenvalue weighted by Crippen LogP contribution is -2.45. The van der Waals surface area contributed by atoms with E-state index < -0.39 is 0 Å². The largest absolute Gasteiger partial charge is 0.497 e. The van der Waals surface area contributed by atoms with Crippen LogP contribution in [0.4, 0.5) is 4.79 Å². The van der Waals surface area contributed by atoms with Gasteiger partial charge in [0.15, 0.2) is 0 Å². The van der Waals surface area contributed by atoms with Crippen molar-refractivity contribution in [2.75, 3.05) is 13.7 Å². The second-order valence-corrected chi connectivity index (χ2v) is 5.86. The van der Waals surface area contributed by atoms with Crippen LogP contribution in [0.5, 0.6) is 5.75 Å². The molecule has 0 aromatic heterocycles. The third kappa shape index (κ3) is 5.93. The fourth-order valence-corrected chi connectivity index (χ4v) is 2.39. The summed E-state index contributed by atoms with van der Waals surface area (Å²) in [6.45, 7) is 6.10. The summed E-state index contributed by atoms with van der Waals surface area (Å²) in [5.41, 5.74) is 1.03. The molecule has 2 atom stereocenters. The number of ether oxygens (including phenoxy) is 1. The molecule has 0 aliphatic rings. The standard InChI is InChI=1S/C17H28N2O3/c1-5-16(13-6-8-15(22-4)9-7-13)19-17(21)18-14(11-20)10-12(2)3/h6-9,12,14,16,20H,5,10-11H2,1-4H3,(H2,18,19,21). The van der Waals surface area contributed by atoms with Gasteiger partial charge in [-0.2, -0.15) is 0 Å². The molecule has 2 amide bonds. The Bertz CT molecular complexity index is 446. The number of aliphatic hydroxyl groups excluding tert-OH is 1. The van der Waals surface area contributed by atoms with Crippen LogP contribution in [-0.2, 0) is 0 Å². The summed E-state index contributed by atoms with van der Waals surface area (Å²) in [7, 11) is 1.63. The van der Waals surface area contributed by atoms with Gasteiger partial charge in [-0.15, -0.1) is 0 Å². The first-order valence-electron chi connectivity index (χ1n) is 7.81. The average molecular weight is 308 g/mol. The number of hydrogen-bond acceptors (Lipinski definition) is 3. The van der Waals surface area contributed by atoms with Gasteiger partial charge in [0.25, 0.3) is 0 Å². The molecule has 1 aromatic carbocycles. The Kier molecular flexibility index (Phi) is 7.74. The number of carbonyl (C=O) groups is 1. The van der Waals surface area contributed by atoms with Crippen LogP contribution >= 0.6 is 0 Å². The second-order valence-electron chi connectivity index (χ2n) is 5.86. The summed E-state index contributed by atoms with van der Waals surface area (Å²) in [6, 6.07) is 7.13. The lowest BCUT2D eigenvalue weighted by Gasteiger charge is -2.22. The molecular formula is C17H28N2O3. The highest BCUT2D eigenvalue weighted by atomic mass is 16.5. The first-order valence-corrected chi connectivity index (χ1v) is 7.81. The van der Waals surface area contributed by atoms with Crippen LogP contribution in [0.15, 0.2) is 24.3 Å². The van der Waals surface area contributed by atoms with E-state index in [9.17, 15) is 9.90 Å². The van der Waals surface area contributed by atoms with Gasteiger partial charge in [-0.25, -0.2) is 4.79 Å². The van der Waals surface area contributed by atoms with Gasteiger partial charge >= 0.3 is 6.03 Å². The van der Waals surface area contributed by atoms with Crippen molar-refractivity contribution in [1.82, 2.24) is 10.6 Å². The molecule has 2 unspecified atom stereocenters. The Morgan fingerprint density at radius 2 is 1.86 bits per heavy atom. The Balaban J connectivity index is 2.62. The molecule has 0 saturated carbocycles. The Morgan fingerprint density at radius 3 is 2.32 bits per heavy atom. The summed E-state index contributed by atoms with van der Waals surface area (Å²) in [4.78, 5) is 12.1. The van der Waals surface area contributed by atoms with Crippen molar-refractivity contribution in [2.45, 2.75) is 45.7 Å². The molecule has 22 heavy (non-hydrogen) atoms. The molecule has 0 spiro atoms. The van der Waals surface area contributed by atoms with E-state index in [0.29, 0.717) is 5.92 Å². The predicted molar refractivity (Wildman–Crippen MR) is 88.0 cm³/mol. The number of nitrogens with one attached hydrogen (secondary N) is 2. The Morgan fingerprint density at radius 1 is 1.23 bits per heavy atom. The monoisotopic (exact) mass is 308 g/mol. The summed E-state index contributed by atoms with van der Waals surface area (Å²) >= 11 is 0. The number of amides is 2. The van der Waals surface area contributed by atoms with Crippen molar-refractivity contribution >= 4 is 6.03 Å². The maximum atomic E-state index is 12.1. The third-order valence-electron chi connectivity index (χ3n) is 3.54. The fourth-order valence-electron chi connectivity index (χ4n) is 2.39. The van der Waals surface area contributed by atoms with E-state index in [1.807, 2.05) is 31.2 Å². The number of urea groups is 1. The molecule has 5 heteroatoms. The molecule has 0 fully saturated rings. The lowest BCUT2D eigenvalue weighted by molar-refractivity contribution is 0.204. The van der Waals surface area contributed by atoms with Gasteiger partial charge in [-0.3, -0.25) is 0 Å². The molecule has 0 radical (unpaired) electrons. The van der Waals surface area contributed by atoms with Crippen LogP contribution in [0.2, 0.25) is 0 Å². The first kappa shape index (κ1) is 18.3. The molecule has 5 nitrogen and oxygen atoms in total. The molecular weight excluding hydrogens is 280 g/mol. The van der Waals surface area contributed by atoms with Gasteiger partial charge in [0.2, 0.25) is 0 Å². The van der Waals surface area contributed by atoms with Crippen LogP contribution < -0.4 is 15.4 Å². The zero-order valence-corrected chi connectivity index (χ0v) is 13.9. The molecule has 0 aliphatic carbocycles. The minimum atomic E-state index is -0.248. The minimum Gasteiger partial charge on any atom is -0.497 e. The van der Waals surface area contributed by atoms with E-state index in [0.717, 1.165) is 24.2 Å². The summed E-state index contributed by atoms with van der Waals surface area (Å²) in [5, 5.41) is 15.1. The van der Waals surface area contributed by atoms with Gasteiger partial charge in [-0.1, -0.05) is 32.9 Å². The zero-order valence-electron chi connectivity index (χ0n) is 13.9. The van der Waals surface area contributed by atoms with Crippen molar-refractivity contribution < 1.29 is 14.6 Å². The second kappa shape index (κ2) is 9.30. The fraction of sp³-hybridized carbons (Fsp3) is 0.588. The van der Waals surface area contributed by atoms with Crippen molar-refractivity contribution in [2.24, 2.45) is 5.92 Å². The third-order valence-corrected chi connectivity index (χ3v) is 3.54. The summed E-state index contributed by atoms with van der Waals surface area (Å²) < 4.78 is 5.14. The topological polar surface area (TPSA) is 70.6 Å². The SMILES string of the molecule is CCC(NC(=O)NC(CO)CC(C)C)c1ccc(OC)cc1. The summed E-state index contributed by atoms with van der Waals surface area (Å²) in [6.07, 6.45) is 1.54. The van der Waals surface area contributed by atoms with Crippen LogP contribution in [0, 0.1) is 5.92 Å². The maximum Gasteiger partial charge on any atom is 0.315 e. The molecule has 3 N–H and O–H groups in total. The van der Waals surface area contributed by atoms with E-state index in [1.54, 1.807) is 7.11 Å². The van der Waals surface area contributed by atoms with Gasteiger partial charge in [0.05, 0.1) is 25.8 Å². The molecule has 0 aliphatic heterocycles. The van der Waals surface area contributed by atoms with E-state index >= 15 is 0 Å². The van der Waals surface area contributed by atoms with Gasteiger partial charge in [-0.05, 0) is 36.5 Å². The van der Waals surface area contributed by atoms with Crippen molar-refractivity contribution in [1.29, 1.82) is 0 Å². The highest BCUT2D eigenvalue weighted by molar-refractivity contribution is 5.74. The number of rotatable bonds is 8. The van der Waals surface area contributed by atoms with Gasteiger partial charge in [0, 0.05) is 0 Å². The summed E-state index contributed by atoms with van der Waals surface area (Å²) in [5.74, 6) is 1.21. The Hall–Kier alpha value is -1.75. The first-order chi connectivity index (χ1) is 10.5. The molecule has 124 valence electrons. The normalized spacial score (nSPS) is 13.5. The molecule has 0 heterocycles. The van der Waals surface area contributed by atoms with Crippen LogP contribution in [-0.4, -0.2) is 30.9 Å². The number of methoxy groups -OCH3 is 1. The highest BCUT2D eigenvalue weighted by Crippen LogP contribution is 2.20. The van der Waals surface area contributed by atoms with E-state index in [2.05, 4.69) is 24.5 Å². The minimum absolute atomic E-state index is 0.0507. The van der Waals surface area contributed by atoms with Crippen LogP contribution in [0.1, 0.15) is 45.2 Å². The van der Waals surface area contributed by atoms with Crippen molar-refractivity contribution in [3.05, 3.63) is 29.8 Å². The Labute approximate surface area is 133 Å². The quantitative estimate of drug-likeness (QED) is 0.691. The molecule has 0 saturated heterocycles. The number of carbonyl (C=O) groups excluding carboxylic acids is 1. The number of benzene rings is 1. The van der Waals surface area contributed by atoms with E-state index in [1.165, 1.54) is 0 Å². The zero-order chi connectivity index (χ0) is 16.5. The smallest absolute Gasteiger partial charge is 0.315 e. The lowest BCUT2D eigenvalue weighted by atomic mass is 10.0. The van der Waals surface area contributed by atoms with Crippen LogP contribution in [0.3, 0.4) is 0 Å². The maximum absolute atomic E-state index is 12.1. The van der Waals surface area contributed by atoms with Crippen LogP contribution in [0.25, 0.3) is 0 Å². The number of hydrogen-bond donors (Lipinski definition) is 3. The van der Waals surface area contributed by atoms with Gasteiger partial charge < -0.3 is 20.5 Å². The van der Waals surface area contributed by atoms with E-state index in [-0.39, 0.29) is 24.7 Å². The van der Waals surface area contributed by atoms with Gasteiger partial charge in [0.1, 0.15) is 5.75 Å². The highest BCUT2D eigenvalue weighted by Gasteiger charge is 2.16. The molecule has 1 aromatic rings. The molecule has 0 bridgehead atoms. The average Bonchev–Trinajstić information content (AvgIpc) is 2.51.